The predicted octanol–water partition coefficient (Wildman–Crippen LogP) is 2.89. The van der Waals surface area contributed by atoms with Gasteiger partial charge >= 0.3 is 0 Å². The van der Waals surface area contributed by atoms with Gasteiger partial charge < -0.3 is 14.8 Å². The summed E-state index contributed by atoms with van der Waals surface area (Å²) in [5.74, 6) is 1.04. The molecule has 1 heterocycles. The van der Waals surface area contributed by atoms with Crippen molar-refractivity contribution in [3.63, 3.8) is 0 Å². The van der Waals surface area contributed by atoms with Crippen LogP contribution in [0.2, 0.25) is 0 Å². The van der Waals surface area contributed by atoms with Crippen molar-refractivity contribution in [2.24, 2.45) is 0 Å². The van der Waals surface area contributed by atoms with Crippen LogP contribution in [-0.4, -0.2) is 17.6 Å². The lowest BCUT2D eigenvalue weighted by Gasteiger charge is -2.27. The fourth-order valence-corrected chi connectivity index (χ4v) is 2.27. The molecule has 1 aromatic carbocycles. The number of aliphatic hydroxyl groups is 1. The maximum Gasteiger partial charge on any atom is 0.230 e. The summed E-state index contributed by atoms with van der Waals surface area (Å²) in [7, 11) is 0. The number of rotatable bonds is 5. The molecular weight excluding hydrogens is 278 g/mol. The van der Waals surface area contributed by atoms with E-state index >= 15 is 0 Å². The zero-order chi connectivity index (χ0) is 16.4. The molecule has 22 heavy (non-hydrogen) atoms. The first kappa shape index (κ1) is 16.3. The van der Waals surface area contributed by atoms with Gasteiger partial charge in [-0.1, -0.05) is 30.3 Å². The molecule has 1 aromatic heterocycles. The van der Waals surface area contributed by atoms with Crippen molar-refractivity contribution in [1.82, 2.24) is 5.32 Å². The molecule has 2 N–H and O–H groups in total. The highest BCUT2D eigenvalue weighted by Crippen LogP contribution is 2.25. The second-order valence-corrected chi connectivity index (χ2v) is 6.36. The maximum atomic E-state index is 12.5. The molecule has 4 heteroatoms. The minimum absolute atomic E-state index is 0.0923. The Morgan fingerprint density at radius 1 is 1.14 bits per heavy atom. The van der Waals surface area contributed by atoms with E-state index < -0.39 is 11.0 Å². The molecule has 2 rings (SSSR count). The van der Waals surface area contributed by atoms with Crippen LogP contribution in [-0.2, 0) is 15.8 Å². The number of carbonyl (C=O) groups is 1. The Bertz CT molecular complexity index is 641. The van der Waals surface area contributed by atoms with E-state index in [-0.39, 0.29) is 12.5 Å². The molecule has 0 bridgehead atoms. The summed E-state index contributed by atoms with van der Waals surface area (Å²) in [5, 5.41) is 13.3. The van der Waals surface area contributed by atoms with E-state index in [0.717, 1.165) is 11.3 Å². The van der Waals surface area contributed by atoms with E-state index in [9.17, 15) is 9.90 Å². The number of hydrogen-bond donors (Lipinski definition) is 2. The van der Waals surface area contributed by atoms with Crippen LogP contribution in [0, 0.1) is 6.92 Å². The highest BCUT2D eigenvalue weighted by molar-refractivity contribution is 5.87. The molecule has 2 aromatic rings. The van der Waals surface area contributed by atoms with Crippen LogP contribution >= 0.6 is 0 Å². The van der Waals surface area contributed by atoms with Crippen LogP contribution in [0.15, 0.2) is 46.9 Å². The second kappa shape index (κ2) is 5.97. The van der Waals surface area contributed by atoms with Crippen LogP contribution < -0.4 is 5.32 Å². The molecule has 1 amide bonds. The lowest BCUT2D eigenvalue weighted by atomic mass is 9.83. The van der Waals surface area contributed by atoms with Gasteiger partial charge in [0.1, 0.15) is 17.1 Å². The van der Waals surface area contributed by atoms with Crippen molar-refractivity contribution in [1.29, 1.82) is 0 Å². The summed E-state index contributed by atoms with van der Waals surface area (Å²) in [4.78, 5) is 12.5. The Balaban J connectivity index is 2.06. The number of furan rings is 1. The average Bonchev–Trinajstić information content (AvgIpc) is 2.93. The molecule has 4 nitrogen and oxygen atoms in total. The third-order valence-electron chi connectivity index (χ3n) is 3.93. The fraction of sp³-hybridized carbons (Fsp3) is 0.389. The van der Waals surface area contributed by atoms with Gasteiger partial charge in [-0.15, -0.1) is 0 Å². The van der Waals surface area contributed by atoms with Gasteiger partial charge in [0, 0.05) is 0 Å². The standard InChI is InChI=1S/C18H23NO3/c1-13-10-11-15(22-13)18(4,21)12-19-16(20)17(2,3)14-8-6-5-7-9-14/h5-11,21H,12H2,1-4H3,(H,19,20)/t18-/m1/s1. The molecule has 0 saturated carbocycles. The van der Waals surface area contributed by atoms with E-state index in [1.165, 1.54) is 0 Å². The molecule has 0 radical (unpaired) electrons. The van der Waals surface area contributed by atoms with Gasteiger partial charge in [-0.3, -0.25) is 4.79 Å². The van der Waals surface area contributed by atoms with Gasteiger partial charge in [0.15, 0.2) is 0 Å². The van der Waals surface area contributed by atoms with E-state index in [0.29, 0.717) is 5.76 Å². The minimum atomic E-state index is -1.24. The van der Waals surface area contributed by atoms with Crippen LogP contribution in [0.5, 0.6) is 0 Å². The monoisotopic (exact) mass is 301 g/mol. The van der Waals surface area contributed by atoms with Gasteiger partial charge in [-0.05, 0) is 45.4 Å². The highest BCUT2D eigenvalue weighted by Gasteiger charge is 2.33. The van der Waals surface area contributed by atoms with E-state index in [1.807, 2.05) is 51.1 Å². The SMILES string of the molecule is Cc1ccc([C@](C)(O)CNC(=O)C(C)(C)c2ccccc2)o1. The van der Waals surface area contributed by atoms with Gasteiger partial charge in [0.05, 0.1) is 12.0 Å². The van der Waals surface area contributed by atoms with Crippen molar-refractivity contribution in [2.45, 2.75) is 38.7 Å². The molecule has 0 aliphatic carbocycles. The summed E-state index contributed by atoms with van der Waals surface area (Å²) >= 11 is 0. The van der Waals surface area contributed by atoms with Gasteiger partial charge in [-0.2, -0.15) is 0 Å². The lowest BCUT2D eigenvalue weighted by molar-refractivity contribution is -0.127. The number of nitrogens with one attached hydrogen (secondary N) is 1. The van der Waals surface area contributed by atoms with Crippen molar-refractivity contribution < 1.29 is 14.3 Å². The zero-order valence-corrected chi connectivity index (χ0v) is 13.5. The van der Waals surface area contributed by atoms with Crippen LogP contribution in [0.1, 0.15) is 37.9 Å². The van der Waals surface area contributed by atoms with Crippen LogP contribution in [0.3, 0.4) is 0 Å². The number of benzene rings is 1. The summed E-state index contributed by atoms with van der Waals surface area (Å²) in [6, 6.07) is 13.1. The van der Waals surface area contributed by atoms with Gasteiger partial charge in [0.25, 0.3) is 0 Å². The Labute approximate surface area is 131 Å². The summed E-state index contributed by atoms with van der Waals surface area (Å²) in [6.07, 6.45) is 0. The Morgan fingerprint density at radius 3 is 2.32 bits per heavy atom. The average molecular weight is 301 g/mol. The highest BCUT2D eigenvalue weighted by atomic mass is 16.4. The summed E-state index contributed by atoms with van der Waals surface area (Å²) in [6.45, 7) is 7.26. The third kappa shape index (κ3) is 3.39. The first-order valence-corrected chi connectivity index (χ1v) is 7.36. The lowest BCUT2D eigenvalue weighted by Crippen LogP contribution is -2.45. The Kier molecular flexibility index (Phi) is 4.42. The first-order valence-electron chi connectivity index (χ1n) is 7.36. The molecular formula is C18H23NO3. The van der Waals surface area contributed by atoms with Crippen molar-refractivity contribution in [3.05, 3.63) is 59.5 Å². The Hall–Kier alpha value is -2.07. The minimum Gasteiger partial charge on any atom is -0.463 e. The van der Waals surface area contributed by atoms with Gasteiger partial charge in [-0.25, -0.2) is 0 Å². The molecule has 0 aliphatic rings. The van der Waals surface area contributed by atoms with Gasteiger partial charge in [0.2, 0.25) is 5.91 Å². The smallest absolute Gasteiger partial charge is 0.230 e. The molecule has 0 fully saturated rings. The number of carbonyl (C=O) groups excluding carboxylic acids is 1. The fourth-order valence-electron chi connectivity index (χ4n) is 2.27. The molecule has 0 unspecified atom stereocenters. The molecule has 1 atom stereocenters. The maximum absolute atomic E-state index is 12.5. The number of amides is 1. The van der Waals surface area contributed by atoms with Crippen LogP contribution in [0.4, 0.5) is 0 Å². The van der Waals surface area contributed by atoms with E-state index in [4.69, 9.17) is 4.42 Å². The van der Waals surface area contributed by atoms with E-state index in [1.54, 1.807) is 19.1 Å². The molecule has 0 saturated heterocycles. The molecule has 118 valence electrons. The Morgan fingerprint density at radius 2 is 1.77 bits per heavy atom. The third-order valence-corrected chi connectivity index (χ3v) is 3.93. The topological polar surface area (TPSA) is 62.5 Å². The predicted molar refractivity (Wildman–Crippen MR) is 85.5 cm³/mol. The second-order valence-electron chi connectivity index (χ2n) is 6.36. The normalized spacial score (nSPS) is 14.4. The summed E-state index contributed by atoms with van der Waals surface area (Å²) in [5.41, 5.74) is -0.978. The van der Waals surface area contributed by atoms with Crippen molar-refractivity contribution in [3.8, 4) is 0 Å². The molecule has 0 spiro atoms. The number of aryl methyl sites for hydroxylation is 1. The van der Waals surface area contributed by atoms with Crippen LogP contribution in [0.25, 0.3) is 0 Å². The summed E-state index contributed by atoms with van der Waals surface area (Å²) < 4.78 is 5.45. The van der Waals surface area contributed by atoms with Crippen molar-refractivity contribution >= 4 is 5.91 Å². The quantitative estimate of drug-likeness (QED) is 0.892. The zero-order valence-electron chi connectivity index (χ0n) is 13.5. The number of hydrogen-bond acceptors (Lipinski definition) is 3. The first-order chi connectivity index (χ1) is 10.2. The molecule has 0 aliphatic heterocycles. The van der Waals surface area contributed by atoms with E-state index in [2.05, 4.69) is 5.32 Å². The van der Waals surface area contributed by atoms with Crippen molar-refractivity contribution in [2.75, 3.05) is 6.54 Å². The largest absolute Gasteiger partial charge is 0.463 e.